The molecule has 0 radical (unpaired) electrons. The lowest BCUT2D eigenvalue weighted by Crippen LogP contribution is -2.23. The van der Waals surface area contributed by atoms with Crippen LogP contribution in [0.15, 0.2) is 71.6 Å². The fourth-order valence-corrected chi connectivity index (χ4v) is 5.63. The van der Waals surface area contributed by atoms with Crippen molar-refractivity contribution in [3.63, 3.8) is 0 Å². The van der Waals surface area contributed by atoms with Crippen LogP contribution < -0.4 is 0 Å². The molecule has 2 unspecified atom stereocenters. The number of imidazole rings is 1. The molecule has 0 amide bonds. The van der Waals surface area contributed by atoms with Gasteiger partial charge in [0.15, 0.2) is 9.84 Å². The van der Waals surface area contributed by atoms with Crippen LogP contribution in [0.1, 0.15) is 39.2 Å². The van der Waals surface area contributed by atoms with E-state index < -0.39 is 21.0 Å². The maximum Gasteiger partial charge on any atom is 0.189 e. The number of nitrogens with one attached hydrogen (secondary N) is 1. The molecule has 0 fully saturated rings. The van der Waals surface area contributed by atoms with Gasteiger partial charge >= 0.3 is 0 Å². The van der Waals surface area contributed by atoms with E-state index in [9.17, 15) is 13.2 Å². The van der Waals surface area contributed by atoms with Crippen LogP contribution in [-0.2, 0) is 14.6 Å². The number of benzene rings is 3. The number of H-pyrrole nitrogens is 1. The van der Waals surface area contributed by atoms with Crippen molar-refractivity contribution in [1.82, 2.24) is 9.97 Å². The Balaban J connectivity index is 1.95. The van der Waals surface area contributed by atoms with Crippen molar-refractivity contribution in [3.8, 4) is 0 Å². The molecule has 0 spiro atoms. The second-order valence-corrected chi connectivity index (χ2v) is 10.00. The molecule has 0 saturated carbocycles. The van der Waals surface area contributed by atoms with Gasteiger partial charge in [0.05, 0.1) is 21.8 Å². The molecule has 5 nitrogen and oxygen atoms in total. The molecule has 0 saturated heterocycles. The highest BCUT2D eigenvalue weighted by Gasteiger charge is 2.39. The molecular weight excluding hydrogens is 408 g/mol. The molecule has 0 bridgehead atoms. The molecular formula is C25H24N2O3S. The quantitative estimate of drug-likeness (QED) is 0.436. The summed E-state index contributed by atoms with van der Waals surface area (Å²) in [5, 5.41) is -1.18. The number of hydrogen-bond acceptors (Lipinski definition) is 4. The third kappa shape index (κ3) is 3.91. The van der Waals surface area contributed by atoms with Gasteiger partial charge in [-0.3, -0.25) is 0 Å². The predicted octanol–water partition coefficient (Wildman–Crippen LogP) is 4.99. The number of hydrogen-bond donors (Lipinski definition) is 1. The molecule has 31 heavy (non-hydrogen) atoms. The number of carbonyl (C=O) groups excluding carboxylic acids is 1. The summed E-state index contributed by atoms with van der Waals surface area (Å²) >= 11 is 0. The van der Waals surface area contributed by atoms with Crippen LogP contribution in [0.4, 0.5) is 0 Å². The molecule has 3 aromatic carbocycles. The van der Waals surface area contributed by atoms with Gasteiger partial charge in [0, 0.05) is 0 Å². The molecule has 0 aliphatic heterocycles. The molecule has 1 heterocycles. The van der Waals surface area contributed by atoms with Crippen molar-refractivity contribution in [3.05, 3.63) is 94.8 Å². The van der Waals surface area contributed by atoms with Crippen molar-refractivity contribution in [2.75, 3.05) is 0 Å². The summed E-state index contributed by atoms with van der Waals surface area (Å²) in [5.74, 6) is -0.642. The Bertz CT molecular complexity index is 1300. The van der Waals surface area contributed by atoms with E-state index in [2.05, 4.69) is 9.97 Å². The average molecular weight is 433 g/mol. The molecule has 0 aliphatic carbocycles. The van der Waals surface area contributed by atoms with E-state index in [1.165, 1.54) is 0 Å². The first-order valence-electron chi connectivity index (χ1n) is 10.1. The minimum Gasteiger partial charge on any atom is -0.341 e. The maximum atomic E-state index is 13.8. The predicted molar refractivity (Wildman–Crippen MR) is 122 cm³/mol. The normalized spacial score (nSPS) is 13.8. The van der Waals surface area contributed by atoms with Crippen molar-refractivity contribution < 1.29 is 13.2 Å². The number of aldehydes is 1. The van der Waals surface area contributed by atoms with Crippen LogP contribution in [0.25, 0.3) is 11.0 Å². The largest absolute Gasteiger partial charge is 0.341 e. The molecule has 0 aliphatic rings. The number of carbonyl (C=O) groups is 1. The summed E-state index contributed by atoms with van der Waals surface area (Å²) in [4.78, 5) is 20.2. The lowest BCUT2D eigenvalue weighted by atomic mass is 9.96. The number of rotatable bonds is 6. The SMILES string of the molecule is Cc1ccc(S(=O)(=O)C(c2nc3cc(C)c(C)cc3[nH]2)C(C=O)c2ccccc2)cc1. The van der Waals surface area contributed by atoms with Gasteiger partial charge in [0.2, 0.25) is 0 Å². The zero-order valence-electron chi connectivity index (χ0n) is 17.7. The zero-order chi connectivity index (χ0) is 22.2. The Morgan fingerprint density at radius 1 is 0.903 bits per heavy atom. The Morgan fingerprint density at radius 2 is 1.55 bits per heavy atom. The standard InChI is InChI=1S/C25H24N2O3S/c1-16-9-11-20(12-10-16)31(29,30)24(21(15-28)19-7-5-4-6-8-19)25-26-22-13-17(2)18(3)14-23(22)27-25/h4-15,21,24H,1-3H3,(H,26,27). The molecule has 6 heteroatoms. The van der Waals surface area contributed by atoms with E-state index in [-0.39, 0.29) is 10.7 Å². The molecule has 4 rings (SSSR count). The van der Waals surface area contributed by atoms with E-state index in [0.717, 1.165) is 22.2 Å². The summed E-state index contributed by atoms with van der Waals surface area (Å²) in [6.45, 7) is 5.88. The van der Waals surface area contributed by atoms with Crippen molar-refractivity contribution in [2.45, 2.75) is 36.8 Å². The molecule has 4 aromatic rings. The van der Waals surface area contributed by atoms with Crippen molar-refractivity contribution in [2.24, 2.45) is 0 Å². The minimum atomic E-state index is -3.92. The van der Waals surface area contributed by atoms with Gasteiger partial charge in [-0.05, 0) is 61.7 Å². The third-order valence-corrected chi connectivity index (χ3v) is 7.84. The first-order valence-corrected chi connectivity index (χ1v) is 11.6. The van der Waals surface area contributed by atoms with E-state index in [4.69, 9.17) is 0 Å². The van der Waals surface area contributed by atoms with Crippen molar-refractivity contribution >= 4 is 27.2 Å². The Hall–Kier alpha value is -3.25. The van der Waals surface area contributed by atoms with Crippen LogP contribution >= 0.6 is 0 Å². The van der Waals surface area contributed by atoms with E-state index in [1.807, 2.05) is 39.0 Å². The summed E-state index contributed by atoms with van der Waals surface area (Å²) in [6, 6.07) is 19.5. The fourth-order valence-electron chi connectivity index (χ4n) is 3.81. The summed E-state index contributed by atoms with van der Waals surface area (Å²) in [7, 11) is -3.92. The highest BCUT2D eigenvalue weighted by atomic mass is 32.2. The van der Waals surface area contributed by atoms with Crippen LogP contribution in [0.2, 0.25) is 0 Å². The summed E-state index contributed by atoms with van der Waals surface area (Å²) < 4.78 is 27.6. The second-order valence-electron chi connectivity index (χ2n) is 7.93. The fraction of sp³-hybridized carbons (Fsp3) is 0.200. The first kappa shape index (κ1) is 21.0. The molecule has 158 valence electrons. The molecule has 1 aromatic heterocycles. The van der Waals surface area contributed by atoms with Crippen LogP contribution in [0, 0.1) is 20.8 Å². The van der Waals surface area contributed by atoms with Crippen molar-refractivity contribution in [1.29, 1.82) is 0 Å². The lowest BCUT2D eigenvalue weighted by Gasteiger charge is -2.22. The smallest absolute Gasteiger partial charge is 0.189 e. The Kier molecular flexibility index (Phi) is 5.50. The lowest BCUT2D eigenvalue weighted by molar-refractivity contribution is -0.109. The van der Waals surface area contributed by atoms with Gasteiger partial charge < -0.3 is 9.78 Å². The maximum absolute atomic E-state index is 13.8. The zero-order valence-corrected chi connectivity index (χ0v) is 18.5. The summed E-state index contributed by atoms with van der Waals surface area (Å²) in [5.41, 5.74) is 5.17. The topological polar surface area (TPSA) is 79.9 Å². The van der Waals surface area contributed by atoms with Gasteiger partial charge in [-0.25, -0.2) is 13.4 Å². The molecule has 1 N–H and O–H groups in total. The number of aromatic nitrogens is 2. The number of sulfone groups is 1. The van der Waals surface area contributed by atoms with Crippen LogP contribution in [0.5, 0.6) is 0 Å². The highest BCUT2D eigenvalue weighted by molar-refractivity contribution is 7.91. The van der Waals surface area contributed by atoms with Gasteiger partial charge in [-0.2, -0.15) is 0 Å². The first-order chi connectivity index (χ1) is 14.8. The van der Waals surface area contributed by atoms with Gasteiger partial charge in [0.1, 0.15) is 17.4 Å². The Morgan fingerprint density at radius 3 is 2.19 bits per heavy atom. The minimum absolute atomic E-state index is 0.165. The second kappa shape index (κ2) is 8.12. The van der Waals surface area contributed by atoms with Gasteiger partial charge in [0.25, 0.3) is 0 Å². The average Bonchev–Trinajstić information content (AvgIpc) is 3.14. The number of fused-ring (bicyclic) bond motifs is 1. The number of aryl methyl sites for hydroxylation is 3. The number of nitrogens with zero attached hydrogens (tertiary/aromatic N) is 1. The monoisotopic (exact) mass is 432 g/mol. The van der Waals surface area contributed by atoms with Gasteiger partial charge in [-0.1, -0.05) is 48.0 Å². The van der Waals surface area contributed by atoms with E-state index in [1.54, 1.807) is 48.5 Å². The van der Waals surface area contributed by atoms with E-state index in [0.29, 0.717) is 17.4 Å². The third-order valence-electron chi connectivity index (χ3n) is 5.73. The Labute approximate surface area is 182 Å². The van der Waals surface area contributed by atoms with E-state index >= 15 is 0 Å². The van der Waals surface area contributed by atoms with Crippen LogP contribution in [-0.4, -0.2) is 24.7 Å². The highest BCUT2D eigenvalue weighted by Crippen LogP contribution is 2.39. The van der Waals surface area contributed by atoms with Crippen LogP contribution in [0.3, 0.4) is 0 Å². The summed E-state index contributed by atoms with van der Waals surface area (Å²) in [6.07, 6.45) is 0.704. The number of aromatic amines is 1. The molecule has 2 atom stereocenters. The van der Waals surface area contributed by atoms with Gasteiger partial charge in [-0.15, -0.1) is 0 Å².